The molecule has 1 unspecified atom stereocenters. The first-order valence-corrected chi connectivity index (χ1v) is 6.99. The number of hydrogen-bond acceptors (Lipinski definition) is 3. The molecule has 0 saturated carbocycles. The maximum atomic E-state index is 13.3. The summed E-state index contributed by atoms with van der Waals surface area (Å²) in [6, 6.07) is 4.86. The van der Waals surface area contributed by atoms with Crippen molar-refractivity contribution in [3.63, 3.8) is 0 Å². The molecule has 1 atom stereocenters. The second-order valence-electron chi connectivity index (χ2n) is 5.18. The quantitative estimate of drug-likeness (QED) is 0.891. The molecule has 0 aromatic heterocycles. The highest BCUT2D eigenvalue weighted by Gasteiger charge is 2.18. The van der Waals surface area contributed by atoms with Crippen LogP contribution < -0.4 is 5.32 Å². The fraction of sp³-hybridized carbons (Fsp3) is 0.571. The van der Waals surface area contributed by atoms with Gasteiger partial charge in [-0.3, -0.25) is 0 Å². The number of nitrogens with zero attached hydrogens (tertiary/aromatic N) is 1. The lowest BCUT2D eigenvalue weighted by Gasteiger charge is -2.30. The predicted octanol–water partition coefficient (Wildman–Crippen LogP) is 2.20. The van der Waals surface area contributed by atoms with Crippen molar-refractivity contribution in [1.82, 2.24) is 10.2 Å². The van der Waals surface area contributed by atoms with Crippen LogP contribution in [-0.4, -0.2) is 42.7 Å². The van der Waals surface area contributed by atoms with Crippen molar-refractivity contribution in [2.24, 2.45) is 0 Å². The Bertz CT molecular complexity index is 422. The van der Waals surface area contributed by atoms with Crippen LogP contribution in [0.1, 0.15) is 24.5 Å². The van der Waals surface area contributed by atoms with Crippen LogP contribution in [-0.2, 0) is 0 Å². The van der Waals surface area contributed by atoms with E-state index < -0.39 is 11.9 Å². The molecule has 0 aliphatic carbocycles. The van der Waals surface area contributed by atoms with Crippen LogP contribution in [0.2, 0.25) is 5.02 Å². The van der Waals surface area contributed by atoms with E-state index in [1.54, 1.807) is 6.07 Å². The number of aliphatic hydroxyl groups is 1. The van der Waals surface area contributed by atoms with Gasteiger partial charge in [0.05, 0.1) is 11.1 Å². The van der Waals surface area contributed by atoms with Crippen molar-refractivity contribution in [2.75, 3.05) is 26.7 Å². The second-order valence-corrected chi connectivity index (χ2v) is 5.58. The summed E-state index contributed by atoms with van der Waals surface area (Å²) < 4.78 is 13.3. The average Bonchev–Trinajstić information content (AvgIpc) is 2.41. The molecule has 3 nitrogen and oxygen atoms in total. The van der Waals surface area contributed by atoms with Gasteiger partial charge < -0.3 is 15.3 Å². The van der Waals surface area contributed by atoms with Gasteiger partial charge in [0.2, 0.25) is 0 Å². The van der Waals surface area contributed by atoms with Crippen molar-refractivity contribution in [2.45, 2.75) is 25.0 Å². The Balaban J connectivity index is 1.83. The Labute approximate surface area is 118 Å². The third-order valence-corrected chi connectivity index (χ3v) is 3.95. The Morgan fingerprint density at radius 1 is 1.47 bits per heavy atom. The van der Waals surface area contributed by atoms with Crippen LogP contribution >= 0.6 is 11.6 Å². The highest BCUT2D eigenvalue weighted by molar-refractivity contribution is 6.30. The molecule has 1 aromatic carbocycles. The molecular formula is C14H20ClFN2O. The first-order valence-electron chi connectivity index (χ1n) is 6.61. The minimum atomic E-state index is -0.702. The number of rotatable bonds is 4. The summed E-state index contributed by atoms with van der Waals surface area (Å²) in [5, 5.41) is 13.5. The lowest BCUT2D eigenvalue weighted by molar-refractivity contribution is 0.157. The largest absolute Gasteiger partial charge is 0.387 e. The smallest absolute Gasteiger partial charge is 0.142 e. The molecule has 19 heavy (non-hydrogen) atoms. The summed E-state index contributed by atoms with van der Waals surface area (Å²) in [6.07, 6.45) is 1.46. The van der Waals surface area contributed by atoms with Gasteiger partial charge in [-0.05, 0) is 50.7 Å². The molecule has 1 heterocycles. The number of piperidine rings is 1. The van der Waals surface area contributed by atoms with E-state index in [2.05, 4.69) is 17.3 Å². The number of likely N-dealkylation sites (tertiary alicyclic amines) is 1. The summed E-state index contributed by atoms with van der Waals surface area (Å²) in [4.78, 5) is 2.29. The van der Waals surface area contributed by atoms with Crippen LogP contribution in [0.3, 0.4) is 0 Å². The van der Waals surface area contributed by atoms with Crippen LogP contribution in [0.25, 0.3) is 0 Å². The molecular weight excluding hydrogens is 267 g/mol. The van der Waals surface area contributed by atoms with Gasteiger partial charge in [-0.15, -0.1) is 0 Å². The Kier molecular flexibility index (Phi) is 5.16. The molecule has 2 N–H and O–H groups in total. The molecule has 5 heteroatoms. The van der Waals surface area contributed by atoms with Gasteiger partial charge in [0.15, 0.2) is 0 Å². The number of hydrogen-bond donors (Lipinski definition) is 2. The third-order valence-electron chi connectivity index (χ3n) is 3.65. The summed E-state index contributed by atoms with van der Waals surface area (Å²) >= 11 is 5.62. The summed E-state index contributed by atoms with van der Waals surface area (Å²) in [5.41, 5.74) is 0.558. The van der Waals surface area contributed by atoms with E-state index in [0.29, 0.717) is 18.2 Å². The standard InChI is InChI=1S/C14H20ClFN2O/c1-18-6-4-11(5-7-18)17-9-14(19)10-2-3-12(15)13(16)8-10/h2-3,8,11,14,17,19H,4-7,9H2,1H3. The van der Waals surface area contributed by atoms with Gasteiger partial charge in [0.25, 0.3) is 0 Å². The van der Waals surface area contributed by atoms with Crippen molar-refractivity contribution in [3.05, 3.63) is 34.6 Å². The Morgan fingerprint density at radius 3 is 2.79 bits per heavy atom. The van der Waals surface area contributed by atoms with Crippen LogP contribution in [0.15, 0.2) is 18.2 Å². The molecule has 2 rings (SSSR count). The van der Waals surface area contributed by atoms with Crippen LogP contribution in [0, 0.1) is 5.82 Å². The number of nitrogens with one attached hydrogen (secondary N) is 1. The van der Waals surface area contributed by atoms with Crippen molar-refractivity contribution in [3.8, 4) is 0 Å². The van der Waals surface area contributed by atoms with Crippen LogP contribution in [0.5, 0.6) is 0 Å². The van der Waals surface area contributed by atoms with Gasteiger partial charge in [-0.1, -0.05) is 17.7 Å². The molecule has 0 bridgehead atoms. The van der Waals surface area contributed by atoms with Crippen molar-refractivity contribution < 1.29 is 9.50 Å². The van der Waals surface area contributed by atoms with E-state index in [-0.39, 0.29) is 5.02 Å². The van der Waals surface area contributed by atoms with Crippen molar-refractivity contribution >= 4 is 11.6 Å². The zero-order valence-corrected chi connectivity index (χ0v) is 11.8. The van der Waals surface area contributed by atoms with Gasteiger partial charge in [-0.2, -0.15) is 0 Å². The molecule has 106 valence electrons. The second kappa shape index (κ2) is 6.66. The van der Waals surface area contributed by atoms with Gasteiger partial charge in [0, 0.05) is 12.6 Å². The predicted molar refractivity (Wildman–Crippen MR) is 74.9 cm³/mol. The molecule has 1 saturated heterocycles. The monoisotopic (exact) mass is 286 g/mol. The zero-order valence-electron chi connectivity index (χ0n) is 11.1. The maximum absolute atomic E-state index is 13.3. The Hall–Kier alpha value is -0.680. The van der Waals surface area contributed by atoms with Crippen LogP contribution in [0.4, 0.5) is 4.39 Å². The van der Waals surface area contributed by atoms with Gasteiger partial charge in [0.1, 0.15) is 5.82 Å². The van der Waals surface area contributed by atoms with Crippen molar-refractivity contribution in [1.29, 1.82) is 0 Å². The van der Waals surface area contributed by atoms with E-state index in [1.165, 1.54) is 12.1 Å². The normalized spacial score (nSPS) is 19.6. The van der Waals surface area contributed by atoms with Gasteiger partial charge in [-0.25, -0.2) is 4.39 Å². The molecule has 0 spiro atoms. The molecule has 0 amide bonds. The topological polar surface area (TPSA) is 35.5 Å². The fourth-order valence-electron chi connectivity index (χ4n) is 2.33. The van der Waals surface area contributed by atoms with E-state index in [4.69, 9.17) is 11.6 Å². The number of aliphatic hydroxyl groups excluding tert-OH is 1. The zero-order chi connectivity index (χ0) is 13.8. The highest BCUT2D eigenvalue weighted by Crippen LogP contribution is 2.20. The molecule has 0 radical (unpaired) electrons. The maximum Gasteiger partial charge on any atom is 0.142 e. The van der Waals surface area contributed by atoms with E-state index in [9.17, 15) is 9.50 Å². The minimum Gasteiger partial charge on any atom is -0.387 e. The third kappa shape index (κ3) is 4.14. The molecule has 1 aliphatic heterocycles. The van der Waals surface area contributed by atoms with E-state index in [0.717, 1.165) is 25.9 Å². The first-order chi connectivity index (χ1) is 9.06. The SMILES string of the molecule is CN1CCC(NCC(O)c2ccc(Cl)c(F)c2)CC1. The fourth-order valence-corrected chi connectivity index (χ4v) is 2.45. The highest BCUT2D eigenvalue weighted by atomic mass is 35.5. The summed E-state index contributed by atoms with van der Waals surface area (Å²) in [5.74, 6) is -0.488. The lowest BCUT2D eigenvalue weighted by atomic mass is 10.0. The summed E-state index contributed by atoms with van der Waals surface area (Å²) in [6.45, 7) is 2.59. The number of benzene rings is 1. The average molecular weight is 287 g/mol. The summed E-state index contributed by atoms with van der Waals surface area (Å²) in [7, 11) is 2.11. The van der Waals surface area contributed by atoms with E-state index >= 15 is 0 Å². The molecule has 1 aromatic rings. The first kappa shape index (κ1) is 14.7. The van der Waals surface area contributed by atoms with Gasteiger partial charge >= 0.3 is 0 Å². The Morgan fingerprint density at radius 2 is 2.16 bits per heavy atom. The molecule has 1 fully saturated rings. The lowest BCUT2D eigenvalue weighted by Crippen LogP contribution is -2.42. The number of halogens is 2. The van der Waals surface area contributed by atoms with E-state index in [1.807, 2.05) is 0 Å². The minimum absolute atomic E-state index is 0.0826. The molecule has 1 aliphatic rings.